The fraction of sp³-hybridized carbons (Fsp3) is 0. The normalized spacial score (nSPS) is 11.0. The second kappa shape index (κ2) is 8.78. The predicted molar refractivity (Wildman–Crippen MR) is 135 cm³/mol. The van der Waals surface area contributed by atoms with Crippen LogP contribution in [-0.4, -0.2) is 25.1 Å². The summed E-state index contributed by atoms with van der Waals surface area (Å²) in [5.74, 6) is 0.417. The van der Waals surface area contributed by atoms with Crippen LogP contribution in [0.4, 0.5) is 0 Å². The number of para-hydroxylation sites is 1. The number of aromatic nitrogens is 2. The second-order valence-corrected chi connectivity index (χ2v) is 8.51. The molecular weight excluding hydrogens is 471 g/mol. The van der Waals surface area contributed by atoms with E-state index in [1.165, 1.54) is 0 Å². The molecule has 0 radical (unpaired) electrons. The number of rotatable bonds is 4. The molecule has 1 heterocycles. The molecular formula is C27H18Cl2N2O3. The maximum absolute atomic E-state index is 9.89. The second-order valence-electron chi connectivity index (χ2n) is 7.69. The third kappa shape index (κ3) is 3.96. The molecule has 0 amide bonds. The van der Waals surface area contributed by atoms with Crippen molar-refractivity contribution >= 4 is 23.2 Å². The molecule has 5 rings (SSSR count). The largest absolute Gasteiger partial charge is 0.508 e. The third-order valence-corrected chi connectivity index (χ3v) is 6.08. The van der Waals surface area contributed by atoms with E-state index < -0.39 is 0 Å². The summed E-state index contributed by atoms with van der Waals surface area (Å²) in [5.41, 5.74) is 4.95. The van der Waals surface area contributed by atoms with Crippen molar-refractivity contribution in [3.63, 3.8) is 0 Å². The molecule has 3 N–H and O–H groups in total. The quantitative estimate of drug-likeness (QED) is 0.248. The molecule has 0 fully saturated rings. The van der Waals surface area contributed by atoms with Crippen molar-refractivity contribution in [1.82, 2.24) is 9.78 Å². The number of halogens is 2. The zero-order valence-corrected chi connectivity index (χ0v) is 19.2. The van der Waals surface area contributed by atoms with Crippen LogP contribution in [0.15, 0.2) is 91.0 Å². The molecule has 0 atom stereocenters. The number of benzene rings is 4. The maximum atomic E-state index is 9.89. The van der Waals surface area contributed by atoms with Crippen LogP contribution >= 0.6 is 23.2 Å². The topological polar surface area (TPSA) is 78.5 Å². The standard InChI is InChI=1S/C27H18Cl2N2O3/c28-22-2-1-3-23(29)27(22)31-26(18-8-14-21(34)15-9-18)24(16-4-10-19(32)11-5-16)25(30-31)17-6-12-20(33)13-7-17/h1-15,32-34H. The summed E-state index contributed by atoms with van der Waals surface area (Å²) < 4.78 is 1.70. The Hall–Kier alpha value is -3.93. The predicted octanol–water partition coefficient (Wildman–Crippen LogP) is 7.30. The van der Waals surface area contributed by atoms with Crippen molar-refractivity contribution in [2.45, 2.75) is 0 Å². The van der Waals surface area contributed by atoms with Crippen molar-refractivity contribution in [3.8, 4) is 56.6 Å². The molecule has 5 nitrogen and oxygen atoms in total. The smallest absolute Gasteiger partial charge is 0.115 e. The molecule has 0 aliphatic carbocycles. The van der Waals surface area contributed by atoms with Gasteiger partial charge >= 0.3 is 0 Å². The first-order valence-electron chi connectivity index (χ1n) is 10.4. The minimum absolute atomic E-state index is 0.135. The molecule has 0 bridgehead atoms. The van der Waals surface area contributed by atoms with Gasteiger partial charge in [-0.25, -0.2) is 4.68 Å². The maximum Gasteiger partial charge on any atom is 0.115 e. The van der Waals surface area contributed by atoms with Gasteiger partial charge in [0.1, 0.15) is 28.6 Å². The van der Waals surface area contributed by atoms with E-state index in [0.29, 0.717) is 27.1 Å². The first-order valence-corrected chi connectivity index (χ1v) is 11.1. The number of hydrogen-bond acceptors (Lipinski definition) is 4. The molecule has 0 aliphatic rings. The molecule has 5 aromatic rings. The SMILES string of the molecule is Oc1ccc(-c2nn(-c3c(Cl)cccc3Cl)c(-c3ccc(O)cc3)c2-c2ccc(O)cc2)cc1. The number of hydrogen-bond donors (Lipinski definition) is 3. The van der Waals surface area contributed by atoms with Gasteiger partial charge in [-0.3, -0.25) is 0 Å². The highest BCUT2D eigenvalue weighted by atomic mass is 35.5. The van der Waals surface area contributed by atoms with Crippen LogP contribution in [0.3, 0.4) is 0 Å². The summed E-state index contributed by atoms with van der Waals surface area (Å²) >= 11 is 13.2. The van der Waals surface area contributed by atoms with Crippen LogP contribution in [0.25, 0.3) is 39.3 Å². The van der Waals surface area contributed by atoms with Gasteiger partial charge in [-0.2, -0.15) is 5.10 Å². The van der Waals surface area contributed by atoms with E-state index in [4.69, 9.17) is 28.3 Å². The highest BCUT2D eigenvalue weighted by Crippen LogP contribution is 2.44. The monoisotopic (exact) mass is 488 g/mol. The zero-order chi connectivity index (χ0) is 23.8. The van der Waals surface area contributed by atoms with Gasteiger partial charge < -0.3 is 15.3 Å². The average molecular weight is 489 g/mol. The molecule has 1 aromatic heterocycles. The van der Waals surface area contributed by atoms with E-state index in [2.05, 4.69) is 0 Å². The first kappa shape index (κ1) is 21.9. The van der Waals surface area contributed by atoms with Crippen molar-refractivity contribution in [1.29, 1.82) is 0 Å². The lowest BCUT2D eigenvalue weighted by Crippen LogP contribution is -2.01. The number of aromatic hydroxyl groups is 3. The minimum atomic E-state index is 0.135. The van der Waals surface area contributed by atoms with Crippen molar-refractivity contribution in [2.75, 3.05) is 0 Å². The van der Waals surface area contributed by atoms with Crippen LogP contribution in [0.1, 0.15) is 0 Å². The summed E-state index contributed by atoms with van der Waals surface area (Å²) in [6, 6.07) is 25.6. The fourth-order valence-corrected chi connectivity index (χ4v) is 4.44. The highest BCUT2D eigenvalue weighted by molar-refractivity contribution is 6.37. The summed E-state index contributed by atoms with van der Waals surface area (Å²) in [4.78, 5) is 0. The third-order valence-electron chi connectivity index (χ3n) is 5.47. The summed E-state index contributed by atoms with van der Waals surface area (Å²) in [6.07, 6.45) is 0. The number of phenolic OH excluding ortho intramolecular Hbond substituents is 3. The lowest BCUT2D eigenvalue weighted by molar-refractivity contribution is 0.475. The summed E-state index contributed by atoms with van der Waals surface area (Å²) in [7, 11) is 0. The van der Waals surface area contributed by atoms with Crippen LogP contribution < -0.4 is 0 Å². The molecule has 0 saturated carbocycles. The summed E-state index contributed by atoms with van der Waals surface area (Å²) in [5, 5.41) is 35.4. The Morgan fingerprint density at radius 2 is 1.00 bits per heavy atom. The van der Waals surface area contributed by atoms with Crippen LogP contribution in [0.2, 0.25) is 10.0 Å². The van der Waals surface area contributed by atoms with Gasteiger partial charge in [-0.15, -0.1) is 0 Å². The number of phenols is 3. The van der Waals surface area contributed by atoms with Crippen LogP contribution in [0, 0.1) is 0 Å². The van der Waals surface area contributed by atoms with Gasteiger partial charge in [0.2, 0.25) is 0 Å². The van der Waals surface area contributed by atoms with Crippen molar-refractivity contribution < 1.29 is 15.3 Å². The molecule has 4 aromatic carbocycles. The van der Waals surface area contributed by atoms with E-state index in [9.17, 15) is 15.3 Å². The van der Waals surface area contributed by atoms with E-state index in [0.717, 1.165) is 22.3 Å². The Morgan fingerprint density at radius 3 is 1.50 bits per heavy atom. The molecule has 0 unspecified atom stereocenters. The van der Waals surface area contributed by atoms with Crippen LogP contribution in [0.5, 0.6) is 17.2 Å². The van der Waals surface area contributed by atoms with Crippen LogP contribution in [-0.2, 0) is 0 Å². The average Bonchev–Trinajstić information content (AvgIpc) is 3.20. The molecule has 7 heteroatoms. The molecule has 0 saturated heterocycles. The number of nitrogens with zero attached hydrogens (tertiary/aromatic N) is 2. The van der Waals surface area contributed by atoms with E-state index >= 15 is 0 Å². The van der Waals surface area contributed by atoms with E-state index in [-0.39, 0.29) is 17.2 Å². The zero-order valence-electron chi connectivity index (χ0n) is 17.7. The molecule has 168 valence electrons. The first-order chi connectivity index (χ1) is 16.4. The van der Waals surface area contributed by atoms with Gasteiger partial charge in [0.05, 0.1) is 15.7 Å². The summed E-state index contributed by atoms with van der Waals surface area (Å²) in [6.45, 7) is 0. The lowest BCUT2D eigenvalue weighted by atomic mass is 9.95. The highest BCUT2D eigenvalue weighted by Gasteiger charge is 2.25. The van der Waals surface area contributed by atoms with E-state index in [1.807, 2.05) is 0 Å². The van der Waals surface area contributed by atoms with Crippen molar-refractivity contribution in [2.24, 2.45) is 0 Å². The Balaban J connectivity index is 1.92. The van der Waals surface area contributed by atoms with Gasteiger partial charge in [0, 0.05) is 16.7 Å². The Bertz CT molecular complexity index is 1460. The van der Waals surface area contributed by atoms with Gasteiger partial charge in [-0.1, -0.05) is 41.4 Å². The Morgan fingerprint density at radius 1 is 0.559 bits per heavy atom. The van der Waals surface area contributed by atoms with E-state index in [1.54, 1.807) is 95.7 Å². The fourth-order valence-electron chi connectivity index (χ4n) is 3.88. The van der Waals surface area contributed by atoms with Gasteiger partial charge in [0.15, 0.2) is 0 Å². The minimum Gasteiger partial charge on any atom is -0.508 e. The Kier molecular flexibility index (Phi) is 5.65. The molecule has 34 heavy (non-hydrogen) atoms. The molecule has 0 spiro atoms. The van der Waals surface area contributed by atoms with Gasteiger partial charge in [0.25, 0.3) is 0 Å². The lowest BCUT2D eigenvalue weighted by Gasteiger charge is -2.13. The Labute approximate surface area is 205 Å². The van der Waals surface area contributed by atoms with Crippen molar-refractivity contribution in [3.05, 3.63) is 101 Å². The molecule has 0 aliphatic heterocycles. The van der Waals surface area contributed by atoms with Gasteiger partial charge in [-0.05, 0) is 78.4 Å².